The van der Waals surface area contributed by atoms with Gasteiger partial charge in [-0.25, -0.2) is 4.68 Å². The standard InChI is InChI=1S/C47H77N5O12/c1-14-36-47(10,58)40(55)30(6)38(53)26(2)22-46(9,60-13)42(28(4)37(29(5)43(57)63-36)35-23-45(8,59-12)41(56)31(7)62-35)64-44-39(54)34(21-27(3)61-44)51(11)20-18-33-25-52(50-49-33)24-32-17-15-16-19-48-32/h15-17,19,25-31,34-37,39-42,44,54-56,58H,14,18,20-24H2,1-13H3/t26-,27-,28+,29-,30+,31+,34+,35-,36-,37?,39-,40-,41+,42-,44+,45-,46-,47-/m1/s1. The summed E-state index contributed by atoms with van der Waals surface area (Å²) in [5.74, 6) is -4.96. The fourth-order valence-electron chi connectivity index (χ4n) is 10.7. The number of Topliss-reactive ketones (excluding diaryl/α,β-unsaturated/α-hetero) is 1. The second-order valence-corrected chi connectivity index (χ2v) is 19.7. The number of esters is 1. The Labute approximate surface area is 379 Å². The summed E-state index contributed by atoms with van der Waals surface area (Å²) in [6.07, 6.45) is -3.49. The molecule has 2 aromatic heterocycles. The normalized spacial score (nSPS) is 42.0. The lowest BCUT2D eigenvalue weighted by molar-refractivity contribution is -0.305. The van der Waals surface area contributed by atoms with Gasteiger partial charge in [0.2, 0.25) is 0 Å². The molecule has 2 aromatic rings. The number of pyridine rings is 1. The third kappa shape index (κ3) is 11.2. The summed E-state index contributed by atoms with van der Waals surface area (Å²) in [5.41, 5.74) is -2.62. The molecule has 0 radical (unpaired) electrons. The molecule has 3 saturated heterocycles. The van der Waals surface area contributed by atoms with Crippen LogP contribution in [0.25, 0.3) is 0 Å². The molecular formula is C47H77N5O12. The smallest absolute Gasteiger partial charge is 0.309 e. The monoisotopic (exact) mass is 904 g/mol. The van der Waals surface area contributed by atoms with E-state index in [1.165, 1.54) is 21.1 Å². The molecular weight excluding hydrogens is 827 g/mol. The third-order valence-electron chi connectivity index (χ3n) is 14.9. The molecule has 3 aliphatic heterocycles. The summed E-state index contributed by atoms with van der Waals surface area (Å²) in [7, 11) is 5.01. The number of carbonyl (C=O) groups excluding carboxylic acids is 2. The van der Waals surface area contributed by atoms with Crippen molar-refractivity contribution in [2.24, 2.45) is 29.6 Å². The van der Waals surface area contributed by atoms with E-state index in [-0.39, 0.29) is 31.1 Å². The van der Waals surface area contributed by atoms with Gasteiger partial charge in [-0.15, -0.1) is 5.10 Å². The third-order valence-corrected chi connectivity index (χ3v) is 14.9. The second kappa shape index (κ2) is 21.3. The Morgan fingerprint density at radius 2 is 1.61 bits per heavy atom. The number of carbonyl (C=O) groups is 2. The molecule has 4 N–H and O–H groups in total. The number of cyclic esters (lactones) is 1. The van der Waals surface area contributed by atoms with Crippen LogP contribution in [0.2, 0.25) is 0 Å². The largest absolute Gasteiger partial charge is 0.459 e. The molecule has 0 spiro atoms. The second-order valence-electron chi connectivity index (χ2n) is 19.7. The molecule has 5 heterocycles. The molecule has 17 heteroatoms. The van der Waals surface area contributed by atoms with Crippen LogP contribution in [-0.2, 0) is 51.0 Å². The van der Waals surface area contributed by atoms with Crippen LogP contribution in [0.1, 0.15) is 106 Å². The van der Waals surface area contributed by atoms with E-state index in [1.807, 2.05) is 59.1 Å². The molecule has 0 aromatic carbocycles. The van der Waals surface area contributed by atoms with Crippen LogP contribution in [0.5, 0.6) is 0 Å². The molecule has 3 fully saturated rings. The summed E-state index contributed by atoms with van der Waals surface area (Å²) in [5, 5.41) is 55.6. The number of aromatic nitrogens is 4. The molecule has 5 rings (SSSR count). The van der Waals surface area contributed by atoms with Crippen molar-refractivity contribution in [1.82, 2.24) is 24.9 Å². The van der Waals surface area contributed by atoms with Gasteiger partial charge in [-0.1, -0.05) is 45.9 Å². The van der Waals surface area contributed by atoms with Crippen molar-refractivity contribution in [1.29, 1.82) is 0 Å². The minimum Gasteiger partial charge on any atom is -0.459 e. The van der Waals surface area contributed by atoms with E-state index < -0.39 is 107 Å². The zero-order chi connectivity index (χ0) is 47.5. The maximum atomic E-state index is 14.5. The molecule has 362 valence electrons. The van der Waals surface area contributed by atoms with Crippen molar-refractivity contribution in [3.05, 3.63) is 42.0 Å². The van der Waals surface area contributed by atoms with Crippen LogP contribution in [0.4, 0.5) is 0 Å². The molecule has 17 nitrogen and oxygen atoms in total. The lowest BCUT2D eigenvalue weighted by Crippen LogP contribution is -2.62. The molecule has 0 amide bonds. The van der Waals surface area contributed by atoms with Crippen molar-refractivity contribution in [2.75, 3.05) is 27.8 Å². The number of hydrogen-bond donors (Lipinski definition) is 4. The minimum atomic E-state index is -1.97. The van der Waals surface area contributed by atoms with Crippen LogP contribution in [0, 0.1) is 29.6 Å². The van der Waals surface area contributed by atoms with E-state index >= 15 is 0 Å². The van der Waals surface area contributed by atoms with Gasteiger partial charge in [0, 0.05) is 69.8 Å². The van der Waals surface area contributed by atoms with Crippen LogP contribution < -0.4 is 0 Å². The summed E-state index contributed by atoms with van der Waals surface area (Å²) in [4.78, 5) is 35.2. The van der Waals surface area contributed by atoms with Crippen LogP contribution in [-0.4, -0.2) is 163 Å². The zero-order valence-corrected chi connectivity index (χ0v) is 40.3. The Morgan fingerprint density at radius 3 is 2.23 bits per heavy atom. The first-order valence-corrected chi connectivity index (χ1v) is 23.1. The lowest BCUT2D eigenvalue weighted by atomic mass is 9.67. The highest BCUT2D eigenvalue weighted by Crippen LogP contribution is 2.46. The Bertz CT molecular complexity index is 1820. The highest BCUT2D eigenvalue weighted by molar-refractivity contribution is 5.83. The quantitative estimate of drug-likeness (QED) is 0.225. The highest BCUT2D eigenvalue weighted by atomic mass is 16.7. The number of methoxy groups -OCH3 is 2. The average molecular weight is 904 g/mol. The Kier molecular flexibility index (Phi) is 17.3. The number of hydrogen-bond acceptors (Lipinski definition) is 16. The predicted octanol–water partition coefficient (Wildman–Crippen LogP) is 3.36. The number of aliphatic hydroxyl groups excluding tert-OH is 3. The number of ether oxygens (including phenoxy) is 6. The summed E-state index contributed by atoms with van der Waals surface area (Å²) in [6, 6.07) is 5.34. The first-order chi connectivity index (χ1) is 30.0. The van der Waals surface area contributed by atoms with Gasteiger partial charge in [-0.05, 0) is 79.0 Å². The van der Waals surface area contributed by atoms with Gasteiger partial charge in [0.15, 0.2) is 6.29 Å². The average Bonchev–Trinajstić information content (AvgIpc) is 3.72. The minimum absolute atomic E-state index is 0.110. The van der Waals surface area contributed by atoms with Crippen molar-refractivity contribution in [3.63, 3.8) is 0 Å². The number of ketones is 1. The van der Waals surface area contributed by atoms with Gasteiger partial charge in [0.05, 0.1) is 65.6 Å². The molecule has 0 aliphatic carbocycles. The van der Waals surface area contributed by atoms with Crippen LogP contribution in [0.15, 0.2) is 30.6 Å². The molecule has 3 aliphatic rings. The predicted molar refractivity (Wildman–Crippen MR) is 236 cm³/mol. The van der Waals surface area contributed by atoms with Crippen LogP contribution >= 0.6 is 0 Å². The van der Waals surface area contributed by atoms with Gasteiger partial charge in [0.25, 0.3) is 0 Å². The first-order valence-electron chi connectivity index (χ1n) is 23.1. The number of aliphatic hydroxyl groups is 4. The van der Waals surface area contributed by atoms with E-state index in [4.69, 9.17) is 28.4 Å². The maximum Gasteiger partial charge on any atom is 0.309 e. The van der Waals surface area contributed by atoms with Gasteiger partial charge >= 0.3 is 5.97 Å². The van der Waals surface area contributed by atoms with Gasteiger partial charge < -0.3 is 53.7 Å². The number of rotatable bonds is 12. The molecule has 1 unspecified atom stereocenters. The highest BCUT2D eigenvalue weighted by Gasteiger charge is 2.56. The summed E-state index contributed by atoms with van der Waals surface area (Å²) < 4.78 is 40.3. The van der Waals surface area contributed by atoms with Gasteiger partial charge in [0.1, 0.15) is 29.7 Å². The van der Waals surface area contributed by atoms with E-state index in [2.05, 4.69) is 20.2 Å². The van der Waals surface area contributed by atoms with Crippen molar-refractivity contribution >= 4 is 11.8 Å². The van der Waals surface area contributed by atoms with E-state index in [0.29, 0.717) is 25.9 Å². The summed E-state index contributed by atoms with van der Waals surface area (Å²) in [6.45, 7) is 18.5. The fraction of sp³-hybridized carbons (Fsp3) is 0.809. The first kappa shape index (κ1) is 52.0. The van der Waals surface area contributed by atoms with Crippen molar-refractivity contribution in [3.8, 4) is 0 Å². The summed E-state index contributed by atoms with van der Waals surface area (Å²) >= 11 is 0. The topological polar surface area (TPSA) is 217 Å². The maximum absolute atomic E-state index is 14.5. The van der Waals surface area contributed by atoms with Crippen molar-refractivity contribution in [2.45, 2.75) is 186 Å². The lowest BCUT2D eigenvalue weighted by Gasteiger charge is -2.52. The SMILES string of the molecule is CC[C@H]1OC(=O)[C@H](C)C([C@H]2C[C@@](C)(OC)[C@@H](O)[C@H](C)O2)[C@H](C)[C@@H](O[C@@H]2O[C@H](C)C[C@H](N(C)CCc3cn(Cc4ccccn4)nn3)[C@H]2O)[C@](C)(OC)C[C@@H](C)C(=O)[C@H](C)[C@@H](O)[C@]1(C)O. The van der Waals surface area contributed by atoms with Crippen LogP contribution in [0.3, 0.4) is 0 Å². The Balaban J connectivity index is 1.51. The molecule has 18 atom stereocenters. The zero-order valence-electron chi connectivity index (χ0n) is 40.3. The van der Waals surface area contributed by atoms with Gasteiger partial charge in [-0.3, -0.25) is 14.6 Å². The van der Waals surface area contributed by atoms with E-state index in [9.17, 15) is 30.0 Å². The molecule has 64 heavy (non-hydrogen) atoms. The number of likely N-dealkylation sites (N-methyl/N-ethyl adjacent to an activating group) is 1. The Morgan fingerprint density at radius 1 is 0.922 bits per heavy atom. The number of nitrogens with zero attached hydrogens (tertiary/aromatic N) is 5. The molecule has 0 bridgehead atoms. The van der Waals surface area contributed by atoms with Gasteiger partial charge in [-0.2, -0.15) is 0 Å². The molecule has 0 saturated carbocycles. The Hall–Kier alpha value is -2.97. The van der Waals surface area contributed by atoms with E-state index in [0.717, 1.165) is 11.4 Å². The van der Waals surface area contributed by atoms with Crippen molar-refractivity contribution < 1.29 is 58.4 Å². The fourth-order valence-corrected chi connectivity index (χ4v) is 10.7. The van der Waals surface area contributed by atoms with E-state index in [1.54, 1.807) is 45.5 Å².